The van der Waals surface area contributed by atoms with Gasteiger partial charge in [0.1, 0.15) is 0 Å². The van der Waals surface area contributed by atoms with Crippen LogP contribution in [0.25, 0.3) is 0 Å². The molecule has 0 bridgehead atoms. The first-order valence-electron chi connectivity index (χ1n) is 6.59. The number of rotatable bonds is 2. The molecule has 0 spiro atoms. The molecule has 0 unspecified atom stereocenters. The fourth-order valence-corrected chi connectivity index (χ4v) is 2.44. The van der Waals surface area contributed by atoms with Gasteiger partial charge in [0.15, 0.2) is 0 Å². The molecule has 20 heavy (non-hydrogen) atoms. The molecular formula is C17H20N2S. The van der Waals surface area contributed by atoms with Gasteiger partial charge in [-0.1, -0.05) is 24.4 Å². The maximum Gasteiger partial charge on any atom is 0.0523 e. The number of anilines is 2. The van der Waals surface area contributed by atoms with E-state index in [4.69, 9.17) is 23.7 Å². The highest BCUT2D eigenvalue weighted by molar-refractivity contribution is 7.81. The minimum Gasteiger partial charge on any atom is -0.398 e. The van der Waals surface area contributed by atoms with Crippen LogP contribution in [-0.2, 0) is 0 Å². The van der Waals surface area contributed by atoms with E-state index in [-0.39, 0.29) is 0 Å². The molecule has 0 radical (unpaired) electrons. The lowest BCUT2D eigenvalue weighted by atomic mass is 9.96. The first-order chi connectivity index (χ1) is 9.31. The molecule has 0 saturated heterocycles. The van der Waals surface area contributed by atoms with Crippen LogP contribution in [0.2, 0.25) is 0 Å². The largest absolute Gasteiger partial charge is 0.398 e. The van der Waals surface area contributed by atoms with Crippen molar-refractivity contribution in [3.8, 4) is 0 Å². The third kappa shape index (κ3) is 2.54. The Morgan fingerprint density at radius 3 is 1.40 bits per heavy atom. The van der Waals surface area contributed by atoms with Crippen molar-refractivity contribution in [2.45, 2.75) is 27.7 Å². The Kier molecular flexibility index (Phi) is 3.82. The normalized spacial score (nSPS) is 10.6. The van der Waals surface area contributed by atoms with Crippen LogP contribution < -0.4 is 11.5 Å². The van der Waals surface area contributed by atoms with E-state index < -0.39 is 0 Å². The minimum atomic E-state index is 0.777. The smallest absolute Gasteiger partial charge is 0.0523 e. The predicted octanol–water partition coefficient (Wildman–Crippen LogP) is 3.85. The predicted molar refractivity (Wildman–Crippen MR) is 91.5 cm³/mol. The lowest BCUT2D eigenvalue weighted by Gasteiger charge is -2.13. The van der Waals surface area contributed by atoms with Crippen LogP contribution in [0.1, 0.15) is 33.4 Å². The first-order valence-corrected chi connectivity index (χ1v) is 7.00. The number of aryl methyl sites for hydroxylation is 2. The standard InChI is InChI=1S/C17H20N2S/c1-9-5-13(7-15(18)11(9)3)17(20)14-6-10(2)12(4)16(19)8-14/h5-8H,18-19H2,1-4H3. The molecule has 0 aliphatic rings. The van der Waals surface area contributed by atoms with Gasteiger partial charge in [-0.2, -0.15) is 0 Å². The van der Waals surface area contributed by atoms with Crippen LogP contribution in [-0.4, -0.2) is 4.86 Å². The Morgan fingerprint density at radius 2 is 1.10 bits per heavy atom. The molecule has 0 atom stereocenters. The van der Waals surface area contributed by atoms with Gasteiger partial charge in [-0.05, 0) is 73.2 Å². The summed E-state index contributed by atoms with van der Waals surface area (Å²) < 4.78 is 0. The molecule has 2 nitrogen and oxygen atoms in total. The Bertz CT molecular complexity index is 597. The number of hydrogen-bond acceptors (Lipinski definition) is 3. The highest BCUT2D eigenvalue weighted by Gasteiger charge is 2.10. The minimum absolute atomic E-state index is 0.777. The molecule has 0 saturated carbocycles. The Hall–Kier alpha value is -1.87. The summed E-state index contributed by atoms with van der Waals surface area (Å²) in [4.78, 5) is 0.787. The quantitative estimate of drug-likeness (QED) is 0.500. The molecule has 0 fully saturated rings. The summed E-state index contributed by atoms with van der Waals surface area (Å²) in [5, 5.41) is 0. The number of nitrogen functional groups attached to an aromatic ring is 2. The van der Waals surface area contributed by atoms with Gasteiger partial charge < -0.3 is 11.5 Å². The monoisotopic (exact) mass is 284 g/mol. The molecule has 0 aromatic heterocycles. The van der Waals surface area contributed by atoms with Crippen molar-refractivity contribution >= 4 is 28.5 Å². The summed E-state index contributed by atoms with van der Waals surface area (Å²) in [7, 11) is 0. The summed E-state index contributed by atoms with van der Waals surface area (Å²) in [5.41, 5.74) is 20.1. The Morgan fingerprint density at radius 1 is 0.750 bits per heavy atom. The summed E-state index contributed by atoms with van der Waals surface area (Å²) >= 11 is 5.60. The van der Waals surface area contributed by atoms with E-state index in [1.54, 1.807) is 0 Å². The van der Waals surface area contributed by atoms with Crippen LogP contribution in [0.5, 0.6) is 0 Å². The molecule has 2 rings (SSSR count). The second kappa shape index (κ2) is 5.25. The van der Waals surface area contributed by atoms with Gasteiger partial charge in [0.2, 0.25) is 0 Å². The number of thiocarbonyl (C=S) groups is 1. The van der Waals surface area contributed by atoms with E-state index in [2.05, 4.69) is 12.1 Å². The average molecular weight is 284 g/mol. The van der Waals surface area contributed by atoms with Crippen LogP contribution >= 0.6 is 12.2 Å². The summed E-state index contributed by atoms with van der Waals surface area (Å²) in [6, 6.07) is 8.05. The SMILES string of the molecule is Cc1cc(C(=S)c2cc(C)c(C)c(N)c2)cc(N)c1C. The van der Waals surface area contributed by atoms with Gasteiger partial charge in [-0.3, -0.25) is 0 Å². The second-order valence-electron chi connectivity index (χ2n) is 5.34. The van der Waals surface area contributed by atoms with E-state index in [1.807, 2.05) is 39.8 Å². The van der Waals surface area contributed by atoms with Gasteiger partial charge >= 0.3 is 0 Å². The molecule has 0 aliphatic heterocycles. The number of nitrogens with two attached hydrogens (primary N) is 2. The summed E-state index contributed by atoms with van der Waals surface area (Å²) in [6.45, 7) is 8.14. The van der Waals surface area contributed by atoms with E-state index in [0.29, 0.717) is 0 Å². The first kappa shape index (κ1) is 14.5. The number of benzene rings is 2. The van der Waals surface area contributed by atoms with Crippen LogP contribution in [0.4, 0.5) is 11.4 Å². The van der Waals surface area contributed by atoms with Gasteiger partial charge in [0.25, 0.3) is 0 Å². The molecule has 104 valence electrons. The topological polar surface area (TPSA) is 52.0 Å². The Labute approximate surface area is 125 Å². The van der Waals surface area contributed by atoms with Crippen LogP contribution in [0.15, 0.2) is 24.3 Å². The highest BCUT2D eigenvalue weighted by atomic mass is 32.1. The zero-order valence-corrected chi connectivity index (χ0v) is 13.2. The molecule has 0 amide bonds. The van der Waals surface area contributed by atoms with Gasteiger partial charge in [-0.25, -0.2) is 0 Å². The van der Waals surface area contributed by atoms with Crippen molar-refractivity contribution in [1.82, 2.24) is 0 Å². The molecule has 0 aliphatic carbocycles. The summed E-state index contributed by atoms with van der Waals surface area (Å²) in [5.74, 6) is 0. The van der Waals surface area contributed by atoms with E-state index in [0.717, 1.165) is 49.6 Å². The Balaban J connectivity index is 2.52. The zero-order valence-electron chi connectivity index (χ0n) is 12.4. The second-order valence-corrected chi connectivity index (χ2v) is 5.75. The number of hydrogen-bond donors (Lipinski definition) is 2. The van der Waals surface area contributed by atoms with E-state index in [9.17, 15) is 0 Å². The molecular weight excluding hydrogens is 264 g/mol. The van der Waals surface area contributed by atoms with E-state index >= 15 is 0 Å². The maximum absolute atomic E-state index is 6.04. The molecule has 2 aromatic carbocycles. The third-order valence-electron chi connectivity index (χ3n) is 3.94. The summed E-state index contributed by atoms with van der Waals surface area (Å²) in [6.07, 6.45) is 0. The zero-order chi connectivity index (χ0) is 15.0. The van der Waals surface area contributed by atoms with Crippen molar-refractivity contribution in [2.24, 2.45) is 0 Å². The van der Waals surface area contributed by atoms with Crippen molar-refractivity contribution in [3.63, 3.8) is 0 Å². The fraction of sp³-hybridized carbons (Fsp3) is 0.235. The third-order valence-corrected chi connectivity index (χ3v) is 4.41. The average Bonchev–Trinajstić information content (AvgIpc) is 2.40. The molecule has 2 aromatic rings. The van der Waals surface area contributed by atoms with Crippen LogP contribution in [0, 0.1) is 27.7 Å². The molecule has 3 heteroatoms. The maximum atomic E-state index is 6.04. The van der Waals surface area contributed by atoms with Gasteiger partial charge in [0, 0.05) is 11.4 Å². The van der Waals surface area contributed by atoms with Crippen LogP contribution in [0.3, 0.4) is 0 Å². The van der Waals surface area contributed by atoms with Crippen molar-refractivity contribution in [1.29, 1.82) is 0 Å². The van der Waals surface area contributed by atoms with Crippen molar-refractivity contribution in [2.75, 3.05) is 11.5 Å². The lowest BCUT2D eigenvalue weighted by Crippen LogP contribution is -2.05. The van der Waals surface area contributed by atoms with Crippen molar-refractivity contribution < 1.29 is 0 Å². The molecule has 4 N–H and O–H groups in total. The fourth-order valence-electron chi connectivity index (χ4n) is 2.20. The van der Waals surface area contributed by atoms with Gasteiger partial charge in [0.05, 0.1) is 4.86 Å². The lowest BCUT2D eigenvalue weighted by molar-refractivity contribution is 1.33. The molecule has 0 heterocycles. The van der Waals surface area contributed by atoms with Gasteiger partial charge in [-0.15, -0.1) is 0 Å². The van der Waals surface area contributed by atoms with Crippen molar-refractivity contribution in [3.05, 3.63) is 57.6 Å². The highest BCUT2D eigenvalue weighted by Crippen LogP contribution is 2.24. The van der Waals surface area contributed by atoms with E-state index in [1.165, 1.54) is 0 Å².